The SMILES string of the molecule is COc1ccc2[nH]c(=O)c(/C=N/NC(=O)c3nn(-c4ccc(C)cc4)c(=O)c(C#N)c3C)cc2c1. The van der Waals surface area contributed by atoms with Crippen LogP contribution in [0.3, 0.4) is 0 Å². The van der Waals surface area contributed by atoms with Crippen LogP contribution in [0.5, 0.6) is 5.75 Å². The number of nitrogens with one attached hydrogen (secondary N) is 2. The number of benzene rings is 2. The van der Waals surface area contributed by atoms with Gasteiger partial charge in [-0.2, -0.15) is 20.1 Å². The molecule has 0 radical (unpaired) electrons. The molecule has 0 unspecified atom stereocenters. The molecule has 0 aliphatic carbocycles. The van der Waals surface area contributed by atoms with E-state index in [1.54, 1.807) is 55.6 Å². The number of aromatic amines is 1. The van der Waals surface area contributed by atoms with Gasteiger partial charge >= 0.3 is 0 Å². The number of aromatic nitrogens is 3. The summed E-state index contributed by atoms with van der Waals surface area (Å²) in [5.74, 6) is -0.116. The number of rotatable bonds is 5. The standard InChI is InChI=1S/C25H20N6O4/c1-14-4-6-18(7-5-14)31-25(34)20(12-26)15(2)22(30-31)24(33)29-27-13-17-10-16-11-19(35-3)8-9-21(16)28-23(17)32/h4-11,13H,1-3H3,(H,28,32)(H,29,33)/b27-13+. The van der Waals surface area contributed by atoms with Gasteiger partial charge in [-0.05, 0) is 50.2 Å². The third-order valence-electron chi connectivity index (χ3n) is 5.39. The van der Waals surface area contributed by atoms with E-state index in [9.17, 15) is 19.6 Å². The first-order chi connectivity index (χ1) is 16.8. The molecule has 174 valence electrons. The number of carbonyl (C=O) groups is 1. The van der Waals surface area contributed by atoms with Gasteiger partial charge < -0.3 is 9.72 Å². The molecule has 1 amide bonds. The van der Waals surface area contributed by atoms with Gasteiger partial charge in [-0.1, -0.05) is 17.7 Å². The predicted octanol–water partition coefficient (Wildman–Crippen LogP) is 2.34. The van der Waals surface area contributed by atoms with Gasteiger partial charge in [0.15, 0.2) is 5.69 Å². The van der Waals surface area contributed by atoms with Crippen molar-refractivity contribution in [3.63, 3.8) is 0 Å². The minimum absolute atomic E-state index is 0.129. The number of carbonyl (C=O) groups excluding carboxylic acids is 1. The Morgan fingerprint density at radius 3 is 2.60 bits per heavy atom. The zero-order valence-electron chi connectivity index (χ0n) is 19.1. The molecule has 0 atom stereocenters. The molecule has 4 rings (SSSR count). The number of hydrazone groups is 1. The van der Waals surface area contributed by atoms with Gasteiger partial charge in [-0.25, -0.2) is 5.43 Å². The smallest absolute Gasteiger partial charge is 0.292 e. The topological polar surface area (TPSA) is 142 Å². The van der Waals surface area contributed by atoms with Crippen LogP contribution in [0.15, 0.2) is 63.2 Å². The van der Waals surface area contributed by atoms with Gasteiger partial charge in [-0.15, -0.1) is 0 Å². The van der Waals surface area contributed by atoms with Crippen molar-refractivity contribution in [2.45, 2.75) is 13.8 Å². The van der Waals surface area contributed by atoms with E-state index in [0.29, 0.717) is 17.0 Å². The Balaban J connectivity index is 1.66. The Morgan fingerprint density at radius 2 is 1.91 bits per heavy atom. The third-order valence-corrected chi connectivity index (χ3v) is 5.39. The number of nitrogens with zero attached hydrogens (tertiary/aromatic N) is 4. The molecular weight excluding hydrogens is 448 g/mol. The van der Waals surface area contributed by atoms with Crippen molar-refractivity contribution in [2.75, 3.05) is 7.11 Å². The highest BCUT2D eigenvalue weighted by Crippen LogP contribution is 2.18. The Morgan fingerprint density at radius 1 is 1.17 bits per heavy atom. The van der Waals surface area contributed by atoms with Gasteiger partial charge in [0.1, 0.15) is 17.4 Å². The van der Waals surface area contributed by atoms with Gasteiger partial charge in [0, 0.05) is 16.5 Å². The number of ether oxygens (including phenoxy) is 1. The first-order valence-corrected chi connectivity index (χ1v) is 10.5. The van der Waals surface area contributed by atoms with E-state index in [4.69, 9.17) is 4.74 Å². The van der Waals surface area contributed by atoms with E-state index < -0.39 is 17.0 Å². The quantitative estimate of drug-likeness (QED) is 0.340. The van der Waals surface area contributed by atoms with Crippen LogP contribution in [0, 0.1) is 25.2 Å². The van der Waals surface area contributed by atoms with Crippen molar-refractivity contribution in [3.8, 4) is 17.5 Å². The van der Waals surface area contributed by atoms with Crippen LogP contribution in [-0.2, 0) is 0 Å². The molecule has 0 saturated heterocycles. The summed E-state index contributed by atoms with van der Waals surface area (Å²) in [4.78, 5) is 40.7. The number of methoxy groups -OCH3 is 1. The van der Waals surface area contributed by atoms with Crippen molar-refractivity contribution in [3.05, 3.63) is 97.2 Å². The van der Waals surface area contributed by atoms with E-state index in [1.165, 1.54) is 13.1 Å². The fraction of sp³-hybridized carbons (Fsp3) is 0.120. The molecule has 0 aliphatic rings. The Bertz CT molecular complexity index is 1640. The minimum Gasteiger partial charge on any atom is -0.497 e. The van der Waals surface area contributed by atoms with Crippen LogP contribution in [0.1, 0.15) is 32.7 Å². The van der Waals surface area contributed by atoms with Crippen LogP contribution in [0.4, 0.5) is 0 Å². The monoisotopic (exact) mass is 468 g/mol. The number of hydrogen-bond donors (Lipinski definition) is 2. The molecule has 35 heavy (non-hydrogen) atoms. The average molecular weight is 468 g/mol. The first kappa shape index (κ1) is 23.1. The maximum Gasteiger partial charge on any atom is 0.292 e. The second kappa shape index (κ2) is 9.44. The second-order valence-electron chi connectivity index (χ2n) is 7.72. The van der Waals surface area contributed by atoms with Crippen LogP contribution >= 0.6 is 0 Å². The maximum atomic E-state index is 12.8. The third kappa shape index (κ3) is 4.56. The summed E-state index contributed by atoms with van der Waals surface area (Å²) in [5, 5.41) is 18.3. The van der Waals surface area contributed by atoms with E-state index >= 15 is 0 Å². The molecule has 4 aromatic rings. The normalized spacial score (nSPS) is 10.9. The molecule has 10 nitrogen and oxygen atoms in total. The Hall–Kier alpha value is -5.04. The second-order valence-corrected chi connectivity index (χ2v) is 7.72. The molecule has 2 aromatic carbocycles. The van der Waals surface area contributed by atoms with Crippen molar-refractivity contribution >= 4 is 23.0 Å². The van der Waals surface area contributed by atoms with E-state index in [2.05, 4.69) is 20.6 Å². The van der Waals surface area contributed by atoms with Gasteiger partial charge in [0.2, 0.25) is 0 Å². The fourth-order valence-corrected chi connectivity index (χ4v) is 3.45. The first-order valence-electron chi connectivity index (χ1n) is 10.5. The minimum atomic E-state index is -0.741. The lowest BCUT2D eigenvalue weighted by molar-refractivity contribution is 0.0947. The lowest BCUT2D eigenvalue weighted by Crippen LogP contribution is -2.31. The molecule has 2 aromatic heterocycles. The number of fused-ring (bicyclic) bond motifs is 1. The van der Waals surface area contributed by atoms with Crippen LogP contribution < -0.4 is 21.3 Å². The lowest BCUT2D eigenvalue weighted by Gasteiger charge is -2.10. The zero-order chi connectivity index (χ0) is 25.1. The van der Waals surface area contributed by atoms with Crippen molar-refractivity contribution < 1.29 is 9.53 Å². The number of hydrogen-bond acceptors (Lipinski definition) is 7. The van der Waals surface area contributed by atoms with Gasteiger partial charge in [0.25, 0.3) is 17.0 Å². The maximum absolute atomic E-state index is 12.8. The van der Waals surface area contributed by atoms with Crippen molar-refractivity contribution in [1.82, 2.24) is 20.2 Å². The molecule has 0 saturated carbocycles. The highest BCUT2D eigenvalue weighted by atomic mass is 16.5. The zero-order valence-corrected chi connectivity index (χ0v) is 19.1. The molecule has 2 N–H and O–H groups in total. The molecular formula is C25H20N6O4. The van der Waals surface area contributed by atoms with Crippen molar-refractivity contribution in [1.29, 1.82) is 5.26 Å². The summed E-state index contributed by atoms with van der Waals surface area (Å²) in [6, 6.07) is 15.6. The lowest BCUT2D eigenvalue weighted by atomic mass is 10.1. The summed E-state index contributed by atoms with van der Waals surface area (Å²) >= 11 is 0. The Labute approximate surface area is 199 Å². The van der Waals surface area contributed by atoms with Gasteiger partial charge in [0.05, 0.1) is 24.6 Å². The van der Waals surface area contributed by atoms with Gasteiger partial charge in [-0.3, -0.25) is 14.4 Å². The number of pyridine rings is 1. The summed E-state index contributed by atoms with van der Waals surface area (Å²) in [6.45, 7) is 3.36. The molecule has 0 spiro atoms. The predicted molar refractivity (Wildman–Crippen MR) is 130 cm³/mol. The highest BCUT2D eigenvalue weighted by molar-refractivity contribution is 5.95. The average Bonchev–Trinajstić information content (AvgIpc) is 2.85. The van der Waals surface area contributed by atoms with Crippen LogP contribution in [-0.4, -0.2) is 34.0 Å². The van der Waals surface area contributed by atoms with E-state index in [1.807, 2.05) is 13.0 Å². The van der Waals surface area contributed by atoms with Crippen LogP contribution in [0.25, 0.3) is 16.6 Å². The molecule has 0 fully saturated rings. The number of amides is 1. The van der Waals surface area contributed by atoms with E-state index in [-0.39, 0.29) is 22.4 Å². The highest BCUT2D eigenvalue weighted by Gasteiger charge is 2.20. The largest absolute Gasteiger partial charge is 0.497 e. The fourth-order valence-electron chi connectivity index (χ4n) is 3.45. The Kier molecular flexibility index (Phi) is 6.24. The molecule has 2 heterocycles. The van der Waals surface area contributed by atoms with E-state index in [0.717, 1.165) is 15.6 Å². The molecule has 0 bridgehead atoms. The summed E-state index contributed by atoms with van der Waals surface area (Å²) in [7, 11) is 1.54. The van der Waals surface area contributed by atoms with Crippen LogP contribution in [0.2, 0.25) is 0 Å². The molecule has 10 heteroatoms. The number of H-pyrrole nitrogens is 1. The number of nitriles is 1. The molecule has 0 aliphatic heterocycles. The summed E-state index contributed by atoms with van der Waals surface area (Å²) < 4.78 is 6.21. The number of aryl methyl sites for hydroxylation is 1. The van der Waals surface area contributed by atoms with Crippen molar-refractivity contribution in [2.24, 2.45) is 5.10 Å². The summed E-state index contributed by atoms with van der Waals surface area (Å²) in [6.07, 6.45) is 1.20. The summed E-state index contributed by atoms with van der Waals surface area (Å²) in [5.41, 5.74) is 3.29.